The van der Waals surface area contributed by atoms with Crippen LogP contribution in [0.4, 0.5) is 8.78 Å². The Morgan fingerprint density at radius 2 is 2.30 bits per heavy atom. The van der Waals surface area contributed by atoms with Crippen molar-refractivity contribution in [3.05, 3.63) is 29.6 Å². The van der Waals surface area contributed by atoms with Crippen molar-refractivity contribution in [3.63, 3.8) is 0 Å². The third kappa shape index (κ3) is 3.94. The van der Waals surface area contributed by atoms with E-state index in [0.29, 0.717) is 13.1 Å². The third-order valence-corrected chi connectivity index (χ3v) is 3.32. The Bertz CT molecular complexity index is 485. The SMILES string of the molecule is O=C(C[C@@H]1CNC[C@H]1O)NCCc1ncc(F)cc1F. The highest BCUT2D eigenvalue weighted by atomic mass is 19.1. The van der Waals surface area contributed by atoms with Gasteiger partial charge in [-0.3, -0.25) is 9.78 Å². The van der Waals surface area contributed by atoms with Gasteiger partial charge >= 0.3 is 0 Å². The summed E-state index contributed by atoms with van der Waals surface area (Å²) in [5.74, 6) is -1.72. The molecule has 1 aliphatic heterocycles. The number of aromatic nitrogens is 1. The van der Waals surface area contributed by atoms with Gasteiger partial charge in [0.25, 0.3) is 0 Å². The highest BCUT2D eigenvalue weighted by Crippen LogP contribution is 2.13. The van der Waals surface area contributed by atoms with Crippen LogP contribution < -0.4 is 10.6 Å². The minimum Gasteiger partial charge on any atom is -0.391 e. The zero-order chi connectivity index (χ0) is 14.5. The van der Waals surface area contributed by atoms with Crippen LogP contribution in [0.1, 0.15) is 12.1 Å². The predicted molar refractivity (Wildman–Crippen MR) is 67.9 cm³/mol. The van der Waals surface area contributed by atoms with Gasteiger partial charge in [-0.1, -0.05) is 0 Å². The van der Waals surface area contributed by atoms with Crippen molar-refractivity contribution < 1.29 is 18.7 Å². The number of nitrogens with zero attached hydrogens (tertiary/aromatic N) is 1. The number of pyridine rings is 1. The van der Waals surface area contributed by atoms with E-state index in [9.17, 15) is 18.7 Å². The highest BCUT2D eigenvalue weighted by Gasteiger charge is 2.26. The molecular weight excluding hydrogens is 268 g/mol. The van der Waals surface area contributed by atoms with Crippen LogP contribution >= 0.6 is 0 Å². The van der Waals surface area contributed by atoms with Gasteiger partial charge in [0.05, 0.1) is 18.0 Å². The molecule has 2 rings (SSSR count). The lowest BCUT2D eigenvalue weighted by Gasteiger charge is -2.12. The zero-order valence-corrected chi connectivity index (χ0v) is 10.9. The van der Waals surface area contributed by atoms with Crippen LogP contribution in [-0.4, -0.2) is 41.7 Å². The van der Waals surface area contributed by atoms with Crippen molar-refractivity contribution in [2.24, 2.45) is 5.92 Å². The van der Waals surface area contributed by atoms with Crippen LogP contribution in [0.25, 0.3) is 0 Å². The van der Waals surface area contributed by atoms with E-state index in [1.54, 1.807) is 0 Å². The normalized spacial score (nSPS) is 21.9. The van der Waals surface area contributed by atoms with Crippen molar-refractivity contribution >= 4 is 5.91 Å². The molecule has 0 radical (unpaired) electrons. The first-order valence-corrected chi connectivity index (χ1v) is 6.51. The molecule has 0 aliphatic carbocycles. The van der Waals surface area contributed by atoms with Gasteiger partial charge in [0.1, 0.15) is 11.6 Å². The summed E-state index contributed by atoms with van der Waals surface area (Å²) in [5, 5.41) is 15.2. The molecule has 110 valence electrons. The molecule has 0 saturated carbocycles. The van der Waals surface area contributed by atoms with E-state index in [4.69, 9.17) is 0 Å². The van der Waals surface area contributed by atoms with E-state index in [1.165, 1.54) is 0 Å². The molecule has 1 fully saturated rings. The van der Waals surface area contributed by atoms with Gasteiger partial charge in [-0.2, -0.15) is 0 Å². The summed E-state index contributed by atoms with van der Waals surface area (Å²) in [5.41, 5.74) is 0.120. The van der Waals surface area contributed by atoms with Crippen LogP contribution in [0.3, 0.4) is 0 Å². The standard InChI is InChI=1S/C13H17F2N3O2/c14-9-4-10(15)11(18-6-9)1-2-17-13(20)3-8-5-16-7-12(8)19/h4,6,8,12,16,19H,1-3,5,7H2,(H,17,20)/t8-,12-/m1/s1. The summed E-state index contributed by atoms with van der Waals surface area (Å²) in [7, 11) is 0. The number of carbonyl (C=O) groups is 1. The average Bonchev–Trinajstić information content (AvgIpc) is 2.78. The number of rotatable bonds is 5. The molecular formula is C13H17F2N3O2. The number of carbonyl (C=O) groups excluding carboxylic acids is 1. The maximum absolute atomic E-state index is 13.3. The second-order valence-corrected chi connectivity index (χ2v) is 4.87. The number of amides is 1. The van der Waals surface area contributed by atoms with E-state index in [1.807, 2.05) is 0 Å². The van der Waals surface area contributed by atoms with Crippen LogP contribution in [0.2, 0.25) is 0 Å². The fraction of sp³-hybridized carbons (Fsp3) is 0.538. The molecule has 5 nitrogen and oxygen atoms in total. The van der Waals surface area contributed by atoms with Crippen molar-refractivity contribution in [2.75, 3.05) is 19.6 Å². The van der Waals surface area contributed by atoms with Gasteiger partial charge in [0, 0.05) is 44.5 Å². The van der Waals surface area contributed by atoms with Crippen molar-refractivity contribution in [1.29, 1.82) is 0 Å². The minimum atomic E-state index is -0.724. The van der Waals surface area contributed by atoms with E-state index in [0.717, 1.165) is 12.3 Å². The number of β-amino-alcohol motifs (C(OH)–C–C–N with tert-alkyl or cyclic N) is 1. The lowest BCUT2D eigenvalue weighted by atomic mass is 10.0. The van der Waals surface area contributed by atoms with Gasteiger partial charge < -0.3 is 15.7 Å². The van der Waals surface area contributed by atoms with E-state index < -0.39 is 17.7 Å². The monoisotopic (exact) mass is 285 g/mol. The topological polar surface area (TPSA) is 74.2 Å². The number of hydrogen-bond acceptors (Lipinski definition) is 4. The maximum Gasteiger partial charge on any atom is 0.220 e. The summed E-state index contributed by atoms with van der Waals surface area (Å²) in [6.45, 7) is 1.34. The van der Waals surface area contributed by atoms with E-state index in [2.05, 4.69) is 15.6 Å². The summed E-state index contributed by atoms with van der Waals surface area (Å²) in [4.78, 5) is 15.3. The number of hydrogen-bond donors (Lipinski definition) is 3. The molecule has 1 aromatic heterocycles. The molecule has 0 unspecified atom stereocenters. The summed E-state index contributed by atoms with van der Waals surface area (Å²) in [6.07, 6.45) is 0.870. The Morgan fingerprint density at radius 1 is 1.50 bits per heavy atom. The number of halogens is 2. The molecule has 0 bridgehead atoms. The van der Waals surface area contributed by atoms with E-state index >= 15 is 0 Å². The second-order valence-electron chi connectivity index (χ2n) is 4.87. The van der Waals surface area contributed by atoms with Gasteiger partial charge in [-0.05, 0) is 0 Å². The molecule has 20 heavy (non-hydrogen) atoms. The minimum absolute atomic E-state index is 0.0873. The Balaban J connectivity index is 1.73. The van der Waals surface area contributed by atoms with E-state index in [-0.39, 0.29) is 36.9 Å². The predicted octanol–water partition coefficient (Wildman–Crippen LogP) is -0.0111. The molecule has 1 amide bonds. The van der Waals surface area contributed by atoms with Gasteiger partial charge in [-0.15, -0.1) is 0 Å². The maximum atomic E-state index is 13.3. The first kappa shape index (κ1) is 14.8. The van der Waals surface area contributed by atoms with Gasteiger partial charge in [0.2, 0.25) is 5.91 Å². The molecule has 1 aliphatic rings. The Hall–Kier alpha value is -1.60. The molecule has 3 N–H and O–H groups in total. The summed E-state index contributed by atoms with van der Waals surface area (Å²) >= 11 is 0. The van der Waals surface area contributed by atoms with Gasteiger partial charge in [-0.25, -0.2) is 8.78 Å². The second kappa shape index (κ2) is 6.71. The number of aliphatic hydroxyl groups is 1. The van der Waals surface area contributed by atoms with Crippen LogP contribution in [0.5, 0.6) is 0 Å². The fourth-order valence-electron chi connectivity index (χ4n) is 2.18. The van der Waals surface area contributed by atoms with Crippen LogP contribution in [0.15, 0.2) is 12.3 Å². The summed E-state index contributed by atoms with van der Waals surface area (Å²) in [6, 6.07) is 0.769. The number of aliphatic hydroxyl groups excluding tert-OH is 1. The molecule has 2 heterocycles. The van der Waals surface area contributed by atoms with Gasteiger partial charge in [0.15, 0.2) is 0 Å². The molecule has 7 heteroatoms. The Labute approximate surface area is 115 Å². The molecule has 1 aromatic rings. The smallest absolute Gasteiger partial charge is 0.220 e. The first-order chi connectivity index (χ1) is 9.56. The fourth-order valence-corrected chi connectivity index (χ4v) is 2.18. The van der Waals surface area contributed by atoms with Crippen LogP contribution in [0, 0.1) is 17.6 Å². The molecule has 2 atom stereocenters. The van der Waals surface area contributed by atoms with Crippen molar-refractivity contribution in [2.45, 2.75) is 18.9 Å². The Morgan fingerprint density at radius 3 is 2.95 bits per heavy atom. The zero-order valence-electron chi connectivity index (χ0n) is 10.9. The lowest BCUT2D eigenvalue weighted by Crippen LogP contribution is -2.31. The van der Waals surface area contributed by atoms with Crippen molar-refractivity contribution in [3.8, 4) is 0 Å². The molecule has 1 saturated heterocycles. The summed E-state index contributed by atoms with van der Waals surface area (Å²) < 4.78 is 26.0. The lowest BCUT2D eigenvalue weighted by molar-refractivity contribution is -0.122. The largest absolute Gasteiger partial charge is 0.391 e. The number of nitrogens with one attached hydrogen (secondary N) is 2. The third-order valence-electron chi connectivity index (χ3n) is 3.32. The highest BCUT2D eigenvalue weighted by molar-refractivity contribution is 5.76. The molecule has 0 spiro atoms. The first-order valence-electron chi connectivity index (χ1n) is 6.51. The van der Waals surface area contributed by atoms with Crippen molar-refractivity contribution in [1.82, 2.24) is 15.6 Å². The Kier molecular flexibility index (Phi) is 4.97. The molecule has 0 aromatic carbocycles. The van der Waals surface area contributed by atoms with Crippen LogP contribution in [-0.2, 0) is 11.2 Å². The quantitative estimate of drug-likeness (QED) is 0.711. The average molecular weight is 285 g/mol.